The molecule has 1 aliphatic heterocycles. The van der Waals surface area contributed by atoms with Crippen molar-refractivity contribution >= 4 is 29.9 Å². The standard InChI is InChI=1S/C4HF8NO3S3/c5-1(6)2(7,8)4(11,12)19(16,17)13-18(14,15)3(1,9)10/h13H. The number of alkyl halides is 8. The van der Waals surface area contributed by atoms with Gasteiger partial charge in [0.1, 0.15) is 0 Å². The van der Waals surface area contributed by atoms with Crippen LogP contribution in [0.2, 0.25) is 0 Å². The fraction of sp³-hybridized carbons (Fsp3) is 1.00. The van der Waals surface area contributed by atoms with Crippen LogP contribution in [0.15, 0.2) is 0 Å². The van der Waals surface area contributed by atoms with Crippen molar-refractivity contribution in [2.75, 3.05) is 0 Å². The number of hydrogen-bond donors (Lipinski definition) is 1. The van der Waals surface area contributed by atoms with Gasteiger partial charge in [-0.15, -0.1) is 4.13 Å². The molecule has 0 aromatic rings. The molecule has 0 aromatic heterocycles. The predicted molar refractivity (Wildman–Crippen MR) is 47.4 cm³/mol. The monoisotopic (exact) mass is 359 g/mol. The third kappa shape index (κ3) is 1.70. The summed E-state index contributed by atoms with van der Waals surface area (Å²) in [6, 6.07) is 0. The highest BCUT2D eigenvalue weighted by Gasteiger charge is 2.89. The summed E-state index contributed by atoms with van der Waals surface area (Å²) in [4.78, 5) is 0. The molecular weight excluding hydrogens is 358 g/mol. The minimum Gasteiger partial charge on any atom is -0.234 e. The molecular formula is C4HF8NO3S3. The van der Waals surface area contributed by atoms with Crippen molar-refractivity contribution < 1.29 is 47.8 Å². The van der Waals surface area contributed by atoms with Crippen LogP contribution in [0.5, 0.6) is 0 Å². The highest BCUT2D eigenvalue weighted by Crippen LogP contribution is 2.57. The summed E-state index contributed by atoms with van der Waals surface area (Å²) in [7, 11) is -13.0. The first-order valence-corrected chi connectivity index (χ1v) is 7.71. The van der Waals surface area contributed by atoms with E-state index >= 15 is 0 Å². The first-order chi connectivity index (χ1) is 7.96. The molecule has 15 heteroatoms. The number of rotatable bonds is 0. The molecule has 0 radical (unpaired) electrons. The molecule has 4 nitrogen and oxygen atoms in total. The molecule has 1 atom stereocenters. The van der Waals surface area contributed by atoms with Crippen molar-refractivity contribution in [3.05, 3.63) is 0 Å². The van der Waals surface area contributed by atoms with Crippen molar-refractivity contribution in [2.45, 2.75) is 22.4 Å². The number of hydrogen-bond acceptors (Lipinski definition) is 4. The van der Waals surface area contributed by atoms with Gasteiger partial charge < -0.3 is 0 Å². The Morgan fingerprint density at radius 1 is 0.737 bits per heavy atom. The van der Waals surface area contributed by atoms with Gasteiger partial charge in [0.15, 0.2) is 8.68 Å². The van der Waals surface area contributed by atoms with Crippen LogP contribution in [0.1, 0.15) is 0 Å². The van der Waals surface area contributed by atoms with Gasteiger partial charge in [-0.1, -0.05) is 0 Å². The molecule has 0 amide bonds. The van der Waals surface area contributed by atoms with Crippen molar-refractivity contribution in [3.63, 3.8) is 0 Å². The lowest BCUT2D eigenvalue weighted by molar-refractivity contribution is -0.323. The lowest BCUT2D eigenvalue weighted by atomic mass is 10.2. The quantitative estimate of drug-likeness (QED) is 0.657. The third-order valence-electron chi connectivity index (χ3n) is 2.02. The van der Waals surface area contributed by atoms with E-state index in [9.17, 15) is 47.8 Å². The molecule has 1 N–H and O–H groups in total. The van der Waals surface area contributed by atoms with E-state index in [0.29, 0.717) is 0 Å². The Balaban J connectivity index is 3.92. The van der Waals surface area contributed by atoms with Gasteiger partial charge >= 0.3 is 22.4 Å². The van der Waals surface area contributed by atoms with Gasteiger partial charge in [0.05, 0.1) is 0 Å². The van der Waals surface area contributed by atoms with E-state index in [0.717, 1.165) is 0 Å². The molecule has 0 aliphatic carbocycles. The Morgan fingerprint density at radius 3 is 1.42 bits per heavy atom. The second kappa shape index (κ2) is 3.67. The van der Waals surface area contributed by atoms with Gasteiger partial charge in [0.2, 0.25) is 0 Å². The second-order valence-electron chi connectivity index (χ2n) is 3.27. The highest BCUT2D eigenvalue weighted by molar-refractivity contribution is 8.35. The maximum atomic E-state index is 12.9. The summed E-state index contributed by atoms with van der Waals surface area (Å²) in [5.74, 6) is -14.0. The molecule has 1 heterocycles. The van der Waals surface area contributed by atoms with E-state index in [-0.39, 0.29) is 4.13 Å². The highest BCUT2D eigenvalue weighted by atomic mass is 32.8. The van der Waals surface area contributed by atoms with Crippen molar-refractivity contribution in [3.8, 4) is 0 Å². The molecule has 0 aromatic carbocycles. The van der Waals surface area contributed by atoms with Crippen molar-refractivity contribution in [1.82, 2.24) is 4.13 Å². The van der Waals surface area contributed by atoms with Gasteiger partial charge in [-0.25, -0.2) is 12.6 Å². The molecule has 1 fully saturated rings. The van der Waals surface area contributed by atoms with Gasteiger partial charge in [-0.05, 0) is 0 Å². The molecule has 1 aliphatic rings. The van der Waals surface area contributed by atoms with Gasteiger partial charge in [-0.3, -0.25) is 0 Å². The van der Waals surface area contributed by atoms with E-state index in [1.165, 1.54) is 0 Å². The number of halogens is 8. The Kier molecular flexibility index (Phi) is 3.24. The lowest BCUT2D eigenvalue weighted by Gasteiger charge is -2.31. The summed E-state index contributed by atoms with van der Waals surface area (Å²) in [5, 5.41) is -13.1. The maximum Gasteiger partial charge on any atom is 0.428 e. The fourth-order valence-electron chi connectivity index (χ4n) is 0.952. The zero-order valence-electron chi connectivity index (χ0n) is 7.97. The predicted octanol–water partition coefficient (Wildman–Crippen LogP) is 1.04. The first-order valence-electron chi connectivity index (χ1n) is 3.75. The summed E-state index contributed by atoms with van der Waals surface area (Å²) in [5.41, 5.74) is 0. The Hall–Kier alpha value is -0.280. The largest absolute Gasteiger partial charge is 0.428 e. The van der Waals surface area contributed by atoms with Crippen LogP contribution in [0.25, 0.3) is 0 Å². The van der Waals surface area contributed by atoms with E-state index in [1.807, 2.05) is 0 Å². The summed E-state index contributed by atoms with van der Waals surface area (Å²) >= 11 is 3.26. The molecule has 0 saturated carbocycles. The zero-order valence-corrected chi connectivity index (χ0v) is 10.4. The van der Waals surface area contributed by atoms with Crippen LogP contribution in [-0.2, 0) is 29.9 Å². The van der Waals surface area contributed by atoms with Crippen LogP contribution < -0.4 is 4.13 Å². The number of nitrogens with one attached hydrogen (secondary N) is 1. The maximum absolute atomic E-state index is 12.9. The van der Waals surface area contributed by atoms with Gasteiger partial charge in [0.25, 0.3) is 10.0 Å². The first kappa shape index (κ1) is 16.8. The zero-order chi connectivity index (χ0) is 15.7. The molecule has 19 heavy (non-hydrogen) atoms. The van der Waals surface area contributed by atoms with Gasteiger partial charge in [0, 0.05) is 11.2 Å². The second-order valence-corrected chi connectivity index (χ2v) is 8.39. The SMILES string of the molecule is O=S1(=O)NS(=O)(=S)C(F)(F)C(F)(F)C(F)(F)C1(F)F. The lowest BCUT2D eigenvalue weighted by Crippen LogP contribution is -2.62. The third-order valence-corrected chi connectivity index (χ3v) is 6.88. The number of sulfonamides is 1. The average molecular weight is 359 g/mol. The Bertz CT molecular complexity index is 553. The van der Waals surface area contributed by atoms with Crippen molar-refractivity contribution in [2.24, 2.45) is 0 Å². The molecule has 0 bridgehead atoms. The Morgan fingerprint density at radius 2 is 1.05 bits per heavy atom. The van der Waals surface area contributed by atoms with E-state index in [4.69, 9.17) is 0 Å². The summed E-state index contributed by atoms with van der Waals surface area (Å²) in [6.45, 7) is 0. The van der Waals surface area contributed by atoms with Crippen LogP contribution in [0.4, 0.5) is 35.1 Å². The van der Waals surface area contributed by atoms with Crippen molar-refractivity contribution in [1.29, 1.82) is 0 Å². The normalized spacial score (nSPS) is 38.3. The average Bonchev–Trinajstić information content (AvgIpc) is 2.14. The van der Waals surface area contributed by atoms with E-state index in [1.54, 1.807) is 0 Å². The molecule has 0 spiro atoms. The van der Waals surface area contributed by atoms with Crippen LogP contribution in [-0.4, -0.2) is 35.0 Å². The van der Waals surface area contributed by atoms with Crippen LogP contribution >= 0.6 is 0 Å². The summed E-state index contributed by atoms with van der Waals surface area (Å²) < 4.78 is 135. The molecule has 1 unspecified atom stereocenters. The topological polar surface area (TPSA) is 63.2 Å². The molecule has 114 valence electrons. The Labute approximate surface area is 105 Å². The molecule has 1 rings (SSSR count). The summed E-state index contributed by atoms with van der Waals surface area (Å²) in [6.07, 6.45) is 0. The van der Waals surface area contributed by atoms with Gasteiger partial charge in [-0.2, -0.15) is 35.1 Å². The minimum absolute atomic E-state index is 0.159. The minimum atomic E-state index is -7.03. The van der Waals surface area contributed by atoms with Crippen LogP contribution in [0, 0.1) is 0 Å². The van der Waals surface area contributed by atoms with E-state index in [2.05, 4.69) is 11.2 Å². The smallest absolute Gasteiger partial charge is 0.234 e. The van der Waals surface area contributed by atoms with Crippen LogP contribution in [0.3, 0.4) is 0 Å². The molecule has 1 saturated heterocycles. The fourth-order valence-corrected chi connectivity index (χ4v) is 5.00. The van der Waals surface area contributed by atoms with E-state index < -0.39 is 41.1 Å².